The van der Waals surface area contributed by atoms with Crippen LogP contribution in [0.5, 0.6) is 0 Å². The zero-order chi connectivity index (χ0) is 14.7. The summed E-state index contributed by atoms with van der Waals surface area (Å²) in [6.07, 6.45) is 1.28. The van der Waals surface area contributed by atoms with Crippen LogP contribution < -0.4 is 5.32 Å². The Balaban J connectivity index is 0.000000704. The molecule has 0 aliphatic carbocycles. The van der Waals surface area contributed by atoms with Crippen LogP contribution in [0.4, 0.5) is 0 Å². The summed E-state index contributed by atoms with van der Waals surface area (Å²) in [5.74, 6) is 1.03. The average Bonchev–Trinajstić information content (AvgIpc) is 3.11. The maximum Gasteiger partial charge on any atom is 0.124 e. The Morgan fingerprint density at radius 1 is 1.25 bits per heavy atom. The normalized spacial score (nSPS) is 21.9. The van der Waals surface area contributed by atoms with E-state index >= 15 is 0 Å². The standard InChI is InChI=1S/C14H19N3O.C2H6/c1-8-4-5-11-13(9(8)2)17-14(16-11)12-6-10(18-3)7-15-12;1-2/h4-5,10,12,15H,6-7H2,1-3H3,(H,16,17);1-2H3. The SMILES string of the molecule is CC.COC1CNC(c2nc3c(C)c(C)ccc3[nH]2)C1. The number of aromatic amines is 1. The molecule has 0 radical (unpaired) electrons. The number of methoxy groups -OCH3 is 1. The zero-order valence-corrected chi connectivity index (χ0v) is 13.1. The third-order valence-corrected chi connectivity index (χ3v) is 3.95. The van der Waals surface area contributed by atoms with E-state index in [1.54, 1.807) is 7.11 Å². The summed E-state index contributed by atoms with van der Waals surface area (Å²) in [6, 6.07) is 4.53. The van der Waals surface area contributed by atoms with Gasteiger partial charge >= 0.3 is 0 Å². The van der Waals surface area contributed by atoms with Crippen molar-refractivity contribution in [3.63, 3.8) is 0 Å². The predicted octanol–water partition coefficient (Wildman–Crippen LogP) is 3.26. The summed E-state index contributed by atoms with van der Waals surface area (Å²) in [5.41, 5.74) is 4.76. The Bertz CT molecular complexity index is 576. The third-order valence-electron chi connectivity index (χ3n) is 3.95. The number of aromatic nitrogens is 2. The highest BCUT2D eigenvalue weighted by atomic mass is 16.5. The molecule has 4 heteroatoms. The van der Waals surface area contributed by atoms with E-state index in [0.717, 1.165) is 29.8 Å². The lowest BCUT2D eigenvalue weighted by Gasteiger charge is -2.06. The van der Waals surface area contributed by atoms with E-state index in [4.69, 9.17) is 9.72 Å². The maximum atomic E-state index is 5.38. The number of aryl methyl sites for hydroxylation is 2. The van der Waals surface area contributed by atoms with Crippen molar-refractivity contribution in [1.82, 2.24) is 15.3 Å². The molecule has 0 spiro atoms. The van der Waals surface area contributed by atoms with Crippen LogP contribution in [0, 0.1) is 13.8 Å². The van der Waals surface area contributed by atoms with E-state index in [2.05, 4.69) is 36.3 Å². The number of rotatable bonds is 2. The van der Waals surface area contributed by atoms with Gasteiger partial charge in [-0.15, -0.1) is 0 Å². The van der Waals surface area contributed by atoms with Gasteiger partial charge in [-0.05, 0) is 37.5 Å². The molecule has 2 aromatic rings. The average molecular weight is 275 g/mol. The van der Waals surface area contributed by atoms with Crippen molar-refractivity contribution >= 4 is 11.0 Å². The van der Waals surface area contributed by atoms with Crippen molar-refractivity contribution in [3.8, 4) is 0 Å². The van der Waals surface area contributed by atoms with Crippen molar-refractivity contribution in [2.45, 2.75) is 46.3 Å². The van der Waals surface area contributed by atoms with E-state index in [0.29, 0.717) is 6.10 Å². The minimum atomic E-state index is 0.280. The lowest BCUT2D eigenvalue weighted by atomic mass is 10.1. The number of nitrogens with zero attached hydrogens (tertiary/aromatic N) is 1. The minimum absolute atomic E-state index is 0.280. The van der Waals surface area contributed by atoms with Gasteiger partial charge in [-0.1, -0.05) is 19.9 Å². The maximum absolute atomic E-state index is 5.38. The summed E-state index contributed by atoms with van der Waals surface area (Å²) in [4.78, 5) is 8.17. The monoisotopic (exact) mass is 275 g/mol. The number of hydrogen-bond donors (Lipinski definition) is 2. The molecule has 3 rings (SSSR count). The van der Waals surface area contributed by atoms with Crippen LogP contribution in [-0.2, 0) is 4.74 Å². The Labute approximate surface area is 120 Å². The number of ether oxygens (including phenoxy) is 1. The van der Waals surface area contributed by atoms with Crippen LogP contribution in [0.2, 0.25) is 0 Å². The highest BCUT2D eigenvalue weighted by Crippen LogP contribution is 2.26. The molecule has 1 fully saturated rings. The second-order valence-electron chi connectivity index (χ2n) is 5.08. The molecule has 20 heavy (non-hydrogen) atoms. The predicted molar refractivity (Wildman–Crippen MR) is 83.1 cm³/mol. The highest BCUT2D eigenvalue weighted by molar-refractivity contribution is 5.79. The number of nitrogens with one attached hydrogen (secondary N) is 2. The number of benzene rings is 1. The fraction of sp³-hybridized carbons (Fsp3) is 0.562. The van der Waals surface area contributed by atoms with Crippen LogP contribution in [-0.4, -0.2) is 29.7 Å². The molecule has 2 N–H and O–H groups in total. The van der Waals surface area contributed by atoms with E-state index in [1.165, 1.54) is 11.1 Å². The Hall–Kier alpha value is -1.39. The van der Waals surface area contributed by atoms with E-state index in [1.807, 2.05) is 13.8 Å². The molecule has 0 amide bonds. The summed E-state index contributed by atoms with van der Waals surface area (Å²) < 4.78 is 5.38. The van der Waals surface area contributed by atoms with Gasteiger partial charge in [0.25, 0.3) is 0 Å². The van der Waals surface area contributed by atoms with Crippen molar-refractivity contribution < 1.29 is 4.74 Å². The first kappa shape index (κ1) is 15.0. The second-order valence-corrected chi connectivity index (χ2v) is 5.08. The van der Waals surface area contributed by atoms with Gasteiger partial charge in [0.2, 0.25) is 0 Å². The largest absolute Gasteiger partial charge is 0.380 e. The van der Waals surface area contributed by atoms with Gasteiger partial charge in [0.15, 0.2) is 0 Å². The van der Waals surface area contributed by atoms with Crippen molar-refractivity contribution in [1.29, 1.82) is 0 Å². The molecule has 4 nitrogen and oxygen atoms in total. The lowest BCUT2D eigenvalue weighted by Crippen LogP contribution is -2.16. The molecule has 0 bridgehead atoms. The lowest BCUT2D eigenvalue weighted by molar-refractivity contribution is 0.117. The summed E-state index contributed by atoms with van der Waals surface area (Å²) in [5, 5.41) is 3.45. The first-order chi connectivity index (χ1) is 9.69. The van der Waals surface area contributed by atoms with Gasteiger partial charge in [-0.3, -0.25) is 0 Å². The molecule has 2 atom stereocenters. The minimum Gasteiger partial charge on any atom is -0.380 e. The van der Waals surface area contributed by atoms with Gasteiger partial charge in [0.1, 0.15) is 5.82 Å². The van der Waals surface area contributed by atoms with Crippen LogP contribution in [0.25, 0.3) is 11.0 Å². The molecule has 1 saturated heterocycles. The first-order valence-electron chi connectivity index (χ1n) is 7.41. The number of H-pyrrole nitrogens is 1. The second kappa shape index (κ2) is 6.37. The fourth-order valence-corrected chi connectivity index (χ4v) is 2.59. The summed E-state index contributed by atoms with van der Waals surface area (Å²) in [7, 11) is 1.76. The van der Waals surface area contributed by atoms with Gasteiger partial charge in [-0.2, -0.15) is 0 Å². The van der Waals surface area contributed by atoms with Crippen LogP contribution >= 0.6 is 0 Å². The molecule has 1 aromatic heterocycles. The molecular weight excluding hydrogens is 250 g/mol. The Morgan fingerprint density at radius 2 is 2.00 bits per heavy atom. The van der Waals surface area contributed by atoms with Crippen molar-refractivity contribution in [3.05, 3.63) is 29.1 Å². The summed E-state index contributed by atoms with van der Waals surface area (Å²) in [6.45, 7) is 9.15. The van der Waals surface area contributed by atoms with Crippen molar-refractivity contribution in [2.75, 3.05) is 13.7 Å². The number of fused-ring (bicyclic) bond motifs is 1. The Kier molecular flexibility index (Phi) is 4.78. The van der Waals surface area contributed by atoms with E-state index in [-0.39, 0.29) is 6.04 Å². The molecule has 0 saturated carbocycles. The summed E-state index contributed by atoms with van der Waals surface area (Å²) >= 11 is 0. The number of imidazole rings is 1. The van der Waals surface area contributed by atoms with E-state index in [9.17, 15) is 0 Å². The highest BCUT2D eigenvalue weighted by Gasteiger charge is 2.27. The van der Waals surface area contributed by atoms with Gasteiger partial charge in [0, 0.05) is 13.7 Å². The molecule has 110 valence electrons. The fourth-order valence-electron chi connectivity index (χ4n) is 2.59. The van der Waals surface area contributed by atoms with Crippen LogP contribution in [0.1, 0.15) is 43.3 Å². The quantitative estimate of drug-likeness (QED) is 0.884. The van der Waals surface area contributed by atoms with Gasteiger partial charge < -0.3 is 15.0 Å². The topological polar surface area (TPSA) is 49.9 Å². The van der Waals surface area contributed by atoms with E-state index < -0.39 is 0 Å². The van der Waals surface area contributed by atoms with Gasteiger partial charge in [-0.25, -0.2) is 4.98 Å². The Morgan fingerprint density at radius 3 is 2.65 bits per heavy atom. The van der Waals surface area contributed by atoms with Crippen LogP contribution in [0.15, 0.2) is 12.1 Å². The van der Waals surface area contributed by atoms with Gasteiger partial charge in [0.05, 0.1) is 23.2 Å². The zero-order valence-electron chi connectivity index (χ0n) is 13.1. The molecule has 1 aliphatic heterocycles. The molecular formula is C16H25N3O. The molecule has 1 aromatic carbocycles. The number of hydrogen-bond acceptors (Lipinski definition) is 3. The first-order valence-corrected chi connectivity index (χ1v) is 7.41. The molecule has 1 aliphatic rings. The smallest absolute Gasteiger partial charge is 0.124 e. The third kappa shape index (κ3) is 2.72. The van der Waals surface area contributed by atoms with Crippen LogP contribution in [0.3, 0.4) is 0 Å². The van der Waals surface area contributed by atoms with Crippen molar-refractivity contribution in [2.24, 2.45) is 0 Å². The molecule has 2 unspecified atom stereocenters. The molecule has 2 heterocycles.